The first-order valence-corrected chi connectivity index (χ1v) is 10.1. The number of carbonyl (C=O) groups is 1. The summed E-state index contributed by atoms with van der Waals surface area (Å²) in [7, 11) is -3.73. The highest BCUT2D eigenvalue weighted by atomic mass is 32.2. The molecule has 0 radical (unpaired) electrons. The lowest BCUT2D eigenvalue weighted by molar-refractivity contribution is -0.118. The fourth-order valence-corrected chi connectivity index (χ4v) is 3.67. The van der Waals surface area contributed by atoms with Crippen LogP contribution in [0, 0.1) is 25.2 Å². The molecule has 1 amide bonds. The Labute approximate surface area is 156 Å². The summed E-state index contributed by atoms with van der Waals surface area (Å²) in [5.41, 5.74) is 2.85. The number of rotatable bonds is 6. The standard InChI is InChI=1S/C17H18N4O3S2/c1-11-7-12(2)21-17(15(11)8-18)25-10-16(22)20-9-13-3-5-14(6-4-13)26(19,23)24/h3-7H,9-10H2,1-2H3,(H,20,22)(H2,19,23,24). The molecule has 3 N–H and O–H groups in total. The van der Waals surface area contributed by atoms with E-state index < -0.39 is 10.0 Å². The largest absolute Gasteiger partial charge is 0.351 e. The predicted octanol–water partition coefficient (Wildman–Crippen LogP) is 1.63. The molecule has 0 bridgehead atoms. The van der Waals surface area contributed by atoms with Crippen LogP contribution >= 0.6 is 11.8 Å². The number of amides is 1. The highest BCUT2D eigenvalue weighted by Crippen LogP contribution is 2.23. The Morgan fingerprint density at radius 1 is 1.31 bits per heavy atom. The maximum absolute atomic E-state index is 12.0. The molecular weight excluding hydrogens is 372 g/mol. The third kappa shape index (κ3) is 5.29. The van der Waals surface area contributed by atoms with Crippen molar-refractivity contribution in [3.63, 3.8) is 0 Å². The van der Waals surface area contributed by atoms with Gasteiger partial charge >= 0.3 is 0 Å². The monoisotopic (exact) mass is 390 g/mol. The molecule has 7 nitrogen and oxygen atoms in total. The van der Waals surface area contributed by atoms with E-state index >= 15 is 0 Å². The fraction of sp³-hybridized carbons (Fsp3) is 0.235. The Morgan fingerprint density at radius 2 is 1.96 bits per heavy atom. The quantitative estimate of drug-likeness (QED) is 0.722. The van der Waals surface area contributed by atoms with Crippen LogP contribution in [0.5, 0.6) is 0 Å². The van der Waals surface area contributed by atoms with Crippen LogP contribution in [-0.4, -0.2) is 25.1 Å². The zero-order valence-electron chi connectivity index (χ0n) is 14.3. The highest BCUT2D eigenvalue weighted by molar-refractivity contribution is 8.00. The first-order valence-electron chi connectivity index (χ1n) is 7.60. The number of aromatic nitrogens is 1. The Hall–Kier alpha value is -2.41. The molecule has 136 valence electrons. The molecule has 0 spiro atoms. The minimum absolute atomic E-state index is 0.0213. The molecule has 0 saturated heterocycles. The summed E-state index contributed by atoms with van der Waals surface area (Å²) in [6, 6.07) is 9.91. The normalized spacial score (nSPS) is 11.0. The van der Waals surface area contributed by atoms with E-state index in [1.54, 1.807) is 12.1 Å². The summed E-state index contributed by atoms with van der Waals surface area (Å²) in [6.07, 6.45) is 0. The van der Waals surface area contributed by atoms with E-state index in [1.165, 1.54) is 23.9 Å². The van der Waals surface area contributed by atoms with E-state index in [0.717, 1.165) is 16.8 Å². The second-order valence-corrected chi connectivity index (χ2v) is 8.15. The van der Waals surface area contributed by atoms with Gasteiger partial charge in [-0.05, 0) is 43.2 Å². The van der Waals surface area contributed by atoms with Crippen molar-refractivity contribution in [3.8, 4) is 6.07 Å². The van der Waals surface area contributed by atoms with Crippen molar-refractivity contribution >= 4 is 27.7 Å². The average molecular weight is 390 g/mol. The van der Waals surface area contributed by atoms with Crippen molar-refractivity contribution in [1.82, 2.24) is 10.3 Å². The van der Waals surface area contributed by atoms with Gasteiger partial charge in [0.2, 0.25) is 15.9 Å². The van der Waals surface area contributed by atoms with Crippen molar-refractivity contribution in [2.24, 2.45) is 5.14 Å². The Kier molecular flexibility index (Phi) is 6.37. The molecule has 0 aliphatic rings. The maximum atomic E-state index is 12.0. The first-order chi connectivity index (χ1) is 12.2. The molecular formula is C17H18N4O3S2. The van der Waals surface area contributed by atoms with Gasteiger partial charge in [-0.2, -0.15) is 5.26 Å². The van der Waals surface area contributed by atoms with Crippen molar-refractivity contribution in [2.45, 2.75) is 30.3 Å². The molecule has 0 saturated carbocycles. The highest BCUT2D eigenvalue weighted by Gasteiger charge is 2.12. The van der Waals surface area contributed by atoms with Gasteiger partial charge in [-0.1, -0.05) is 23.9 Å². The lowest BCUT2D eigenvalue weighted by Crippen LogP contribution is -2.24. The molecule has 9 heteroatoms. The van der Waals surface area contributed by atoms with Crippen molar-refractivity contribution < 1.29 is 13.2 Å². The van der Waals surface area contributed by atoms with E-state index in [4.69, 9.17) is 5.14 Å². The van der Waals surface area contributed by atoms with E-state index in [1.807, 2.05) is 19.9 Å². The molecule has 1 aromatic heterocycles. The first kappa shape index (κ1) is 19.9. The Morgan fingerprint density at radius 3 is 2.54 bits per heavy atom. The Balaban J connectivity index is 1.93. The molecule has 2 aromatic rings. The number of sulfonamides is 1. The number of nitriles is 1. The molecule has 0 unspecified atom stereocenters. The lowest BCUT2D eigenvalue weighted by Gasteiger charge is -2.08. The second-order valence-electron chi connectivity index (χ2n) is 5.63. The third-order valence-electron chi connectivity index (χ3n) is 3.50. The zero-order valence-corrected chi connectivity index (χ0v) is 15.9. The molecule has 0 aliphatic carbocycles. The molecule has 2 rings (SSSR count). The summed E-state index contributed by atoms with van der Waals surface area (Å²) < 4.78 is 22.4. The number of pyridine rings is 1. The van der Waals surface area contributed by atoms with E-state index in [2.05, 4.69) is 16.4 Å². The van der Waals surface area contributed by atoms with Gasteiger partial charge in [0.1, 0.15) is 11.1 Å². The van der Waals surface area contributed by atoms with Crippen LogP contribution in [-0.2, 0) is 21.4 Å². The smallest absolute Gasteiger partial charge is 0.238 e. The average Bonchev–Trinajstić information content (AvgIpc) is 2.57. The molecule has 0 aliphatic heterocycles. The summed E-state index contributed by atoms with van der Waals surface area (Å²) in [4.78, 5) is 16.4. The fourth-order valence-electron chi connectivity index (χ4n) is 2.23. The van der Waals surface area contributed by atoms with Crippen LogP contribution in [0.3, 0.4) is 0 Å². The third-order valence-corrected chi connectivity index (χ3v) is 5.41. The number of hydrogen-bond donors (Lipinski definition) is 2. The van der Waals surface area contributed by atoms with Gasteiger partial charge in [-0.25, -0.2) is 18.5 Å². The number of thioether (sulfide) groups is 1. The predicted molar refractivity (Wildman–Crippen MR) is 98.8 cm³/mol. The number of nitrogens with one attached hydrogen (secondary N) is 1. The maximum Gasteiger partial charge on any atom is 0.238 e. The number of nitrogens with two attached hydrogens (primary N) is 1. The van der Waals surface area contributed by atoms with Gasteiger partial charge in [0.05, 0.1) is 16.2 Å². The van der Waals surface area contributed by atoms with Crippen LogP contribution in [0.15, 0.2) is 40.3 Å². The van der Waals surface area contributed by atoms with Crippen molar-refractivity contribution in [3.05, 3.63) is 52.7 Å². The zero-order chi connectivity index (χ0) is 19.3. The van der Waals surface area contributed by atoms with Gasteiger partial charge in [-0.15, -0.1) is 0 Å². The van der Waals surface area contributed by atoms with Crippen molar-refractivity contribution in [1.29, 1.82) is 5.26 Å². The van der Waals surface area contributed by atoms with Gasteiger partial charge in [-0.3, -0.25) is 4.79 Å². The molecule has 0 fully saturated rings. The van der Waals surface area contributed by atoms with Crippen LogP contribution < -0.4 is 10.5 Å². The molecule has 26 heavy (non-hydrogen) atoms. The number of carbonyl (C=O) groups excluding carboxylic acids is 1. The minimum Gasteiger partial charge on any atom is -0.351 e. The second kappa shape index (κ2) is 8.31. The van der Waals surface area contributed by atoms with E-state index in [0.29, 0.717) is 10.6 Å². The van der Waals surface area contributed by atoms with E-state index in [9.17, 15) is 18.5 Å². The van der Waals surface area contributed by atoms with Crippen LogP contribution in [0.2, 0.25) is 0 Å². The lowest BCUT2D eigenvalue weighted by atomic mass is 10.1. The van der Waals surface area contributed by atoms with Crippen LogP contribution in [0.4, 0.5) is 0 Å². The summed E-state index contributed by atoms with van der Waals surface area (Å²) >= 11 is 1.21. The summed E-state index contributed by atoms with van der Waals surface area (Å²) in [6.45, 7) is 3.93. The number of primary sulfonamides is 1. The summed E-state index contributed by atoms with van der Waals surface area (Å²) in [5, 5.41) is 17.6. The van der Waals surface area contributed by atoms with Crippen molar-refractivity contribution in [2.75, 3.05) is 5.75 Å². The molecule has 1 heterocycles. The van der Waals surface area contributed by atoms with Crippen LogP contribution in [0.25, 0.3) is 0 Å². The Bertz CT molecular complexity index is 965. The van der Waals surface area contributed by atoms with E-state index in [-0.39, 0.29) is 23.1 Å². The number of benzene rings is 1. The summed E-state index contributed by atoms with van der Waals surface area (Å²) in [5.74, 6) is -0.0878. The minimum atomic E-state index is -3.73. The number of nitrogens with zero attached hydrogens (tertiary/aromatic N) is 2. The SMILES string of the molecule is Cc1cc(C)c(C#N)c(SCC(=O)NCc2ccc(S(N)(=O)=O)cc2)n1. The number of hydrogen-bond acceptors (Lipinski definition) is 6. The van der Waals surface area contributed by atoms with Gasteiger partial charge in [0.15, 0.2) is 0 Å². The molecule has 1 aromatic carbocycles. The van der Waals surface area contributed by atoms with Gasteiger partial charge in [0, 0.05) is 12.2 Å². The molecule has 0 atom stereocenters. The van der Waals surface area contributed by atoms with Gasteiger partial charge in [0.25, 0.3) is 0 Å². The topological polar surface area (TPSA) is 126 Å². The van der Waals surface area contributed by atoms with Crippen LogP contribution in [0.1, 0.15) is 22.4 Å². The number of aryl methyl sites for hydroxylation is 2. The van der Waals surface area contributed by atoms with Gasteiger partial charge < -0.3 is 5.32 Å².